The number of hydrogen-bond donors (Lipinski definition) is 0. The maximum Gasteiger partial charge on any atom is 0.231 e. The van der Waals surface area contributed by atoms with Crippen LogP contribution in [0.4, 0.5) is 14.5 Å². The lowest BCUT2D eigenvalue weighted by Gasteiger charge is -2.07. The molecule has 4 rings (SSSR count). The summed E-state index contributed by atoms with van der Waals surface area (Å²) in [6, 6.07) is 9.13. The topological polar surface area (TPSA) is 35.8 Å². The Balaban J connectivity index is 1.71. The molecule has 2 aromatic carbocycles. The molecule has 0 unspecified atom stereocenters. The van der Waals surface area contributed by atoms with E-state index in [4.69, 9.17) is 9.47 Å². The van der Waals surface area contributed by atoms with E-state index in [1.807, 2.05) is 35.1 Å². The number of nitrogens with zero attached hydrogens (tertiary/aromatic N) is 2. The van der Waals surface area contributed by atoms with Gasteiger partial charge >= 0.3 is 0 Å². The summed E-state index contributed by atoms with van der Waals surface area (Å²) in [4.78, 5) is 4.99. The van der Waals surface area contributed by atoms with Gasteiger partial charge in [0.15, 0.2) is 22.1 Å². The van der Waals surface area contributed by atoms with E-state index in [0.29, 0.717) is 17.1 Å². The summed E-state index contributed by atoms with van der Waals surface area (Å²) in [6.45, 7) is 2.75. The van der Waals surface area contributed by atoms with Gasteiger partial charge in [0, 0.05) is 17.1 Å². The number of ether oxygens (including phenoxy) is 2. The second kappa shape index (κ2) is 6.33. The first-order chi connectivity index (χ1) is 12.1. The van der Waals surface area contributed by atoms with Crippen molar-refractivity contribution < 1.29 is 18.3 Å². The van der Waals surface area contributed by atoms with Gasteiger partial charge in [0.25, 0.3) is 0 Å². The van der Waals surface area contributed by atoms with Gasteiger partial charge in [-0.25, -0.2) is 13.8 Å². The van der Waals surface area contributed by atoms with Gasteiger partial charge in [-0.2, -0.15) is 0 Å². The molecule has 0 saturated heterocycles. The second-order valence-electron chi connectivity index (χ2n) is 5.64. The molecule has 0 fully saturated rings. The van der Waals surface area contributed by atoms with Gasteiger partial charge < -0.3 is 14.0 Å². The average Bonchev–Trinajstić information content (AvgIpc) is 3.18. The summed E-state index contributed by atoms with van der Waals surface area (Å²) in [5, 5.41) is 1.95. The van der Waals surface area contributed by atoms with E-state index in [1.165, 1.54) is 23.5 Å². The number of aryl methyl sites for hydroxylation is 1. The number of thiazole rings is 1. The molecule has 2 heterocycles. The molecular weight excluding hydrogens is 346 g/mol. The van der Waals surface area contributed by atoms with Crippen molar-refractivity contribution in [2.24, 2.45) is 4.99 Å². The third-order valence-corrected chi connectivity index (χ3v) is 4.88. The highest BCUT2D eigenvalue weighted by molar-refractivity contribution is 7.07. The number of halogens is 2. The summed E-state index contributed by atoms with van der Waals surface area (Å²) in [5.41, 5.74) is 2.14. The fraction of sp³-hybridized carbons (Fsp3) is 0.167. The van der Waals surface area contributed by atoms with E-state index < -0.39 is 11.6 Å². The Bertz CT molecular complexity index is 1010. The van der Waals surface area contributed by atoms with Crippen LogP contribution < -0.4 is 14.3 Å². The van der Waals surface area contributed by atoms with Crippen LogP contribution in [0, 0.1) is 18.6 Å². The molecule has 0 aliphatic carbocycles. The van der Waals surface area contributed by atoms with Gasteiger partial charge in [-0.15, -0.1) is 11.3 Å². The van der Waals surface area contributed by atoms with Gasteiger partial charge in [-0.1, -0.05) is 6.07 Å². The Morgan fingerprint density at radius 2 is 1.96 bits per heavy atom. The van der Waals surface area contributed by atoms with E-state index in [9.17, 15) is 8.78 Å². The molecule has 25 heavy (non-hydrogen) atoms. The fourth-order valence-corrected chi connectivity index (χ4v) is 3.48. The third-order valence-electron chi connectivity index (χ3n) is 3.90. The molecule has 0 atom stereocenters. The summed E-state index contributed by atoms with van der Waals surface area (Å²) >= 11 is 1.41. The Morgan fingerprint density at radius 1 is 1.12 bits per heavy atom. The van der Waals surface area contributed by atoms with E-state index in [0.717, 1.165) is 23.1 Å². The molecule has 0 radical (unpaired) electrons. The summed E-state index contributed by atoms with van der Waals surface area (Å²) in [5.74, 6) is 0.149. The highest BCUT2D eigenvalue weighted by Crippen LogP contribution is 2.32. The molecule has 3 aromatic rings. The highest BCUT2D eigenvalue weighted by Gasteiger charge is 2.14. The van der Waals surface area contributed by atoms with E-state index in [2.05, 4.69) is 4.99 Å². The number of rotatable bonds is 3. The molecule has 7 heteroatoms. The van der Waals surface area contributed by atoms with Crippen LogP contribution in [0.3, 0.4) is 0 Å². The first kappa shape index (κ1) is 15.8. The molecular formula is C18H14F2N2O2S. The standard InChI is InChI=1S/C18H14F2N2O2S/c1-11-9-25-18(21-15-4-3-13(19)7-14(15)20)22(11)8-12-2-5-16-17(6-12)24-10-23-16/h2-7,9H,8,10H2,1H3. The molecule has 0 saturated carbocycles. The van der Waals surface area contributed by atoms with Gasteiger partial charge in [-0.05, 0) is 36.8 Å². The van der Waals surface area contributed by atoms with Crippen molar-refractivity contribution in [1.29, 1.82) is 0 Å². The number of benzene rings is 2. The lowest BCUT2D eigenvalue weighted by molar-refractivity contribution is 0.174. The molecule has 0 amide bonds. The van der Waals surface area contributed by atoms with Gasteiger partial charge in [0.1, 0.15) is 11.5 Å². The Kier molecular flexibility index (Phi) is 4.01. The zero-order valence-electron chi connectivity index (χ0n) is 13.3. The van der Waals surface area contributed by atoms with Crippen LogP contribution in [0.25, 0.3) is 0 Å². The minimum absolute atomic E-state index is 0.114. The monoisotopic (exact) mass is 360 g/mol. The molecule has 1 aliphatic heterocycles. The van der Waals surface area contributed by atoms with Gasteiger partial charge in [-0.3, -0.25) is 0 Å². The van der Waals surface area contributed by atoms with Gasteiger partial charge in [0.2, 0.25) is 6.79 Å². The van der Waals surface area contributed by atoms with Crippen molar-refractivity contribution in [2.75, 3.05) is 6.79 Å². The maximum atomic E-state index is 13.9. The largest absolute Gasteiger partial charge is 0.454 e. The van der Waals surface area contributed by atoms with Crippen molar-refractivity contribution >= 4 is 17.0 Å². The van der Waals surface area contributed by atoms with Gasteiger partial charge in [0.05, 0.1) is 6.54 Å². The Labute approximate surface area is 146 Å². The molecule has 0 spiro atoms. The zero-order chi connectivity index (χ0) is 17.4. The quantitative estimate of drug-likeness (QED) is 0.704. The van der Waals surface area contributed by atoms with E-state index in [1.54, 1.807) is 0 Å². The van der Waals surface area contributed by atoms with E-state index in [-0.39, 0.29) is 12.5 Å². The lowest BCUT2D eigenvalue weighted by atomic mass is 10.2. The fourth-order valence-electron chi connectivity index (χ4n) is 2.59. The summed E-state index contributed by atoms with van der Waals surface area (Å²) in [7, 11) is 0. The molecule has 0 bridgehead atoms. The minimum atomic E-state index is -0.680. The first-order valence-electron chi connectivity index (χ1n) is 7.63. The Morgan fingerprint density at radius 3 is 2.80 bits per heavy atom. The number of hydrogen-bond acceptors (Lipinski definition) is 4. The number of fused-ring (bicyclic) bond motifs is 1. The molecule has 128 valence electrons. The van der Waals surface area contributed by atoms with Crippen LogP contribution in [0.2, 0.25) is 0 Å². The minimum Gasteiger partial charge on any atom is -0.454 e. The van der Waals surface area contributed by atoms with E-state index >= 15 is 0 Å². The van der Waals surface area contributed by atoms with Crippen LogP contribution >= 0.6 is 11.3 Å². The van der Waals surface area contributed by atoms with Crippen LogP contribution in [0.5, 0.6) is 11.5 Å². The van der Waals surface area contributed by atoms with Crippen molar-refractivity contribution in [3.63, 3.8) is 0 Å². The van der Waals surface area contributed by atoms with Crippen LogP contribution in [0.15, 0.2) is 46.8 Å². The second-order valence-corrected chi connectivity index (χ2v) is 6.48. The normalized spacial score (nSPS) is 13.5. The van der Waals surface area contributed by atoms with Crippen molar-refractivity contribution in [1.82, 2.24) is 4.57 Å². The zero-order valence-corrected chi connectivity index (χ0v) is 14.1. The first-order valence-corrected chi connectivity index (χ1v) is 8.51. The van der Waals surface area contributed by atoms with Crippen molar-refractivity contribution in [3.05, 3.63) is 69.5 Å². The number of aromatic nitrogens is 1. The van der Waals surface area contributed by atoms with Crippen molar-refractivity contribution in [3.8, 4) is 11.5 Å². The molecule has 1 aliphatic rings. The van der Waals surface area contributed by atoms with Crippen LogP contribution in [-0.2, 0) is 6.54 Å². The highest BCUT2D eigenvalue weighted by atomic mass is 32.1. The van der Waals surface area contributed by atoms with Crippen LogP contribution in [0.1, 0.15) is 11.3 Å². The smallest absolute Gasteiger partial charge is 0.231 e. The Hall–Kier alpha value is -2.67. The van der Waals surface area contributed by atoms with Crippen LogP contribution in [-0.4, -0.2) is 11.4 Å². The van der Waals surface area contributed by atoms with Crippen molar-refractivity contribution in [2.45, 2.75) is 13.5 Å². The summed E-state index contributed by atoms with van der Waals surface area (Å²) < 4.78 is 39.6. The SMILES string of the molecule is Cc1csc(=Nc2ccc(F)cc2F)n1Cc1ccc2c(c1)OCO2. The maximum absolute atomic E-state index is 13.9. The average molecular weight is 360 g/mol. The predicted octanol–water partition coefficient (Wildman–Crippen LogP) is 4.15. The lowest BCUT2D eigenvalue weighted by Crippen LogP contribution is -2.17. The molecule has 4 nitrogen and oxygen atoms in total. The molecule has 1 aromatic heterocycles. The summed E-state index contributed by atoms with van der Waals surface area (Å²) in [6.07, 6.45) is 0. The molecule has 0 N–H and O–H groups in total. The third kappa shape index (κ3) is 3.15. The predicted molar refractivity (Wildman–Crippen MR) is 90.3 cm³/mol.